The Labute approximate surface area is 175 Å². The second-order valence-electron chi connectivity index (χ2n) is 6.29. The van der Waals surface area contributed by atoms with Gasteiger partial charge in [-0.25, -0.2) is 14.1 Å². The standard InChI is InChI=1S/C21H15ClFN5O2/c22-18-17(8-9-26-20(18)24)30-16-7-6-12(10-15(16)23)19-14(21(25)29)11-28(27-19)13-4-2-1-3-5-13/h1-11H,(H2,24,26)(H2,25,29). The number of pyridine rings is 1. The van der Waals surface area contributed by atoms with Gasteiger partial charge in [-0.15, -0.1) is 0 Å². The minimum atomic E-state index is -0.677. The fourth-order valence-electron chi connectivity index (χ4n) is 2.85. The van der Waals surface area contributed by atoms with Crippen molar-refractivity contribution in [2.75, 3.05) is 5.73 Å². The van der Waals surface area contributed by atoms with Crippen LogP contribution in [0.15, 0.2) is 67.0 Å². The second kappa shape index (κ2) is 7.84. The molecule has 0 fully saturated rings. The van der Waals surface area contributed by atoms with Gasteiger partial charge in [-0.05, 0) is 30.3 Å². The van der Waals surface area contributed by atoms with Crippen molar-refractivity contribution in [1.82, 2.24) is 14.8 Å². The molecule has 2 aromatic heterocycles. The first kappa shape index (κ1) is 19.4. The lowest BCUT2D eigenvalue weighted by molar-refractivity contribution is 0.100. The largest absolute Gasteiger partial charge is 0.453 e. The van der Waals surface area contributed by atoms with Gasteiger partial charge in [-0.2, -0.15) is 5.10 Å². The number of benzene rings is 2. The molecule has 7 nitrogen and oxygen atoms in total. The van der Waals surface area contributed by atoms with Crippen molar-refractivity contribution in [2.45, 2.75) is 0 Å². The molecule has 2 aromatic carbocycles. The molecule has 0 aliphatic rings. The van der Waals surface area contributed by atoms with Crippen molar-refractivity contribution in [3.05, 3.63) is 83.4 Å². The molecule has 0 atom stereocenters. The molecule has 9 heteroatoms. The molecular weight excluding hydrogens is 409 g/mol. The number of ether oxygens (including phenoxy) is 1. The van der Waals surface area contributed by atoms with Gasteiger partial charge >= 0.3 is 0 Å². The number of hydrogen-bond acceptors (Lipinski definition) is 5. The van der Waals surface area contributed by atoms with Gasteiger partial charge < -0.3 is 16.2 Å². The lowest BCUT2D eigenvalue weighted by Crippen LogP contribution is -2.11. The molecule has 4 aromatic rings. The van der Waals surface area contributed by atoms with Crippen LogP contribution in [-0.4, -0.2) is 20.7 Å². The summed E-state index contributed by atoms with van der Waals surface area (Å²) in [5.41, 5.74) is 12.7. The van der Waals surface area contributed by atoms with E-state index in [1.54, 1.807) is 6.07 Å². The number of primary amides is 1. The molecule has 30 heavy (non-hydrogen) atoms. The first-order valence-electron chi connectivity index (χ1n) is 8.76. The highest BCUT2D eigenvalue weighted by atomic mass is 35.5. The third kappa shape index (κ3) is 3.68. The Bertz CT molecular complexity index is 1240. The Balaban J connectivity index is 1.71. The first-order chi connectivity index (χ1) is 14.4. The summed E-state index contributed by atoms with van der Waals surface area (Å²) in [5.74, 6) is -1.18. The normalized spacial score (nSPS) is 10.7. The van der Waals surface area contributed by atoms with E-state index in [9.17, 15) is 9.18 Å². The summed E-state index contributed by atoms with van der Waals surface area (Å²) in [6.07, 6.45) is 2.91. The highest BCUT2D eigenvalue weighted by molar-refractivity contribution is 6.34. The van der Waals surface area contributed by atoms with E-state index in [-0.39, 0.29) is 33.6 Å². The third-order valence-corrected chi connectivity index (χ3v) is 4.69. The molecule has 0 saturated heterocycles. The Morgan fingerprint density at radius 3 is 2.57 bits per heavy atom. The minimum absolute atomic E-state index is 0.0729. The van der Waals surface area contributed by atoms with E-state index in [4.69, 9.17) is 27.8 Å². The number of nitrogen functional groups attached to an aromatic ring is 1. The lowest BCUT2D eigenvalue weighted by Gasteiger charge is -2.10. The number of carbonyl (C=O) groups excluding carboxylic acids is 1. The average Bonchev–Trinajstić information content (AvgIpc) is 3.19. The Morgan fingerprint density at radius 2 is 1.87 bits per heavy atom. The molecular formula is C21H15ClFN5O2. The van der Waals surface area contributed by atoms with Crippen LogP contribution in [-0.2, 0) is 0 Å². The molecule has 0 bridgehead atoms. The monoisotopic (exact) mass is 423 g/mol. The summed E-state index contributed by atoms with van der Waals surface area (Å²) in [4.78, 5) is 15.7. The smallest absolute Gasteiger partial charge is 0.252 e. The molecule has 4 rings (SSSR count). The Morgan fingerprint density at radius 1 is 1.10 bits per heavy atom. The average molecular weight is 424 g/mol. The number of para-hydroxylation sites is 1. The van der Waals surface area contributed by atoms with Gasteiger partial charge in [0.25, 0.3) is 5.91 Å². The quantitative estimate of drug-likeness (QED) is 0.500. The maximum absolute atomic E-state index is 14.8. The summed E-state index contributed by atoms with van der Waals surface area (Å²) in [6, 6.07) is 14.8. The zero-order valence-corrected chi connectivity index (χ0v) is 16.2. The summed E-state index contributed by atoms with van der Waals surface area (Å²) in [6.45, 7) is 0. The van der Waals surface area contributed by atoms with Crippen LogP contribution in [0.1, 0.15) is 10.4 Å². The number of carbonyl (C=O) groups is 1. The molecule has 0 saturated carbocycles. The zero-order valence-electron chi connectivity index (χ0n) is 15.4. The second-order valence-corrected chi connectivity index (χ2v) is 6.67. The summed E-state index contributed by atoms with van der Waals surface area (Å²) in [7, 11) is 0. The highest BCUT2D eigenvalue weighted by Crippen LogP contribution is 2.35. The van der Waals surface area contributed by atoms with Crippen LogP contribution in [0.25, 0.3) is 16.9 Å². The summed E-state index contributed by atoms with van der Waals surface area (Å²) in [5, 5.41) is 4.50. The molecule has 150 valence electrons. The maximum Gasteiger partial charge on any atom is 0.252 e. The SMILES string of the molecule is NC(=O)c1cn(-c2ccccc2)nc1-c1ccc(Oc2ccnc(N)c2Cl)c(F)c1. The molecule has 2 heterocycles. The van der Waals surface area contributed by atoms with Gasteiger partial charge in [0.1, 0.15) is 16.5 Å². The van der Waals surface area contributed by atoms with E-state index >= 15 is 0 Å². The predicted octanol–water partition coefficient (Wildman–Crippen LogP) is 4.20. The minimum Gasteiger partial charge on any atom is -0.453 e. The van der Waals surface area contributed by atoms with Crippen molar-refractivity contribution in [1.29, 1.82) is 0 Å². The van der Waals surface area contributed by atoms with Crippen LogP contribution in [0.3, 0.4) is 0 Å². The number of aromatic nitrogens is 3. The number of hydrogen-bond donors (Lipinski definition) is 2. The van der Waals surface area contributed by atoms with E-state index in [2.05, 4.69) is 10.1 Å². The predicted molar refractivity (Wildman–Crippen MR) is 111 cm³/mol. The maximum atomic E-state index is 14.8. The molecule has 1 amide bonds. The van der Waals surface area contributed by atoms with E-state index in [1.165, 1.54) is 35.3 Å². The fourth-order valence-corrected chi connectivity index (χ4v) is 3.00. The van der Waals surface area contributed by atoms with Crippen molar-refractivity contribution in [3.8, 4) is 28.4 Å². The molecule has 0 unspecified atom stereocenters. The van der Waals surface area contributed by atoms with Crippen molar-refractivity contribution in [3.63, 3.8) is 0 Å². The number of nitrogens with zero attached hydrogens (tertiary/aromatic N) is 3. The molecule has 0 aliphatic heterocycles. The highest BCUT2D eigenvalue weighted by Gasteiger charge is 2.19. The molecule has 0 radical (unpaired) electrons. The van der Waals surface area contributed by atoms with Crippen LogP contribution in [0.5, 0.6) is 11.5 Å². The number of halogens is 2. The van der Waals surface area contributed by atoms with E-state index in [0.717, 1.165) is 5.69 Å². The third-order valence-electron chi connectivity index (χ3n) is 4.31. The molecule has 0 spiro atoms. The van der Waals surface area contributed by atoms with Gasteiger partial charge in [0.15, 0.2) is 17.3 Å². The molecule has 4 N–H and O–H groups in total. The zero-order chi connectivity index (χ0) is 21.3. The number of amides is 1. The summed E-state index contributed by atoms with van der Waals surface area (Å²) >= 11 is 6.04. The van der Waals surface area contributed by atoms with Crippen LogP contribution in [0.4, 0.5) is 10.2 Å². The van der Waals surface area contributed by atoms with Gasteiger partial charge in [-0.1, -0.05) is 29.8 Å². The number of anilines is 1. The van der Waals surface area contributed by atoms with E-state index in [0.29, 0.717) is 5.56 Å². The fraction of sp³-hybridized carbons (Fsp3) is 0. The van der Waals surface area contributed by atoms with Gasteiger partial charge in [0.2, 0.25) is 0 Å². The molecule has 0 aliphatic carbocycles. The van der Waals surface area contributed by atoms with Crippen LogP contribution >= 0.6 is 11.6 Å². The lowest BCUT2D eigenvalue weighted by atomic mass is 10.1. The van der Waals surface area contributed by atoms with E-state index < -0.39 is 11.7 Å². The van der Waals surface area contributed by atoms with E-state index in [1.807, 2.05) is 30.3 Å². The number of rotatable bonds is 5. The van der Waals surface area contributed by atoms with Gasteiger partial charge in [-0.3, -0.25) is 4.79 Å². The first-order valence-corrected chi connectivity index (χ1v) is 9.14. The summed E-state index contributed by atoms with van der Waals surface area (Å²) < 4.78 is 21.8. The Hall–Kier alpha value is -3.91. The number of nitrogens with two attached hydrogens (primary N) is 2. The van der Waals surface area contributed by atoms with Crippen LogP contribution in [0.2, 0.25) is 5.02 Å². The van der Waals surface area contributed by atoms with Crippen LogP contribution in [0, 0.1) is 5.82 Å². The van der Waals surface area contributed by atoms with Crippen molar-refractivity contribution >= 4 is 23.3 Å². The van der Waals surface area contributed by atoms with Gasteiger partial charge in [0.05, 0.1) is 11.3 Å². The van der Waals surface area contributed by atoms with Crippen molar-refractivity contribution in [2.24, 2.45) is 5.73 Å². The topological polar surface area (TPSA) is 109 Å². The Kier molecular flexibility index (Phi) is 5.07. The van der Waals surface area contributed by atoms with Crippen LogP contribution < -0.4 is 16.2 Å². The van der Waals surface area contributed by atoms with Crippen molar-refractivity contribution < 1.29 is 13.9 Å². The van der Waals surface area contributed by atoms with Gasteiger partial charge in [0, 0.05) is 24.0 Å².